The van der Waals surface area contributed by atoms with E-state index in [0.29, 0.717) is 11.4 Å². The molecule has 0 saturated carbocycles. The molecule has 0 spiro atoms. The largest absolute Gasteiger partial charge is 0.299 e. The van der Waals surface area contributed by atoms with Crippen molar-refractivity contribution in [3.05, 3.63) is 107 Å². The summed E-state index contributed by atoms with van der Waals surface area (Å²) in [5.41, 5.74) is 4.01. The molecule has 0 bridgehead atoms. The van der Waals surface area contributed by atoms with E-state index < -0.39 is 10.0 Å². The number of nitrogens with zero attached hydrogens (tertiary/aromatic N) is 2. The summed E-state index contributed by atoms with van der Waals surface area (Å²) in [5.74, 6) is 0.482. The molecule has 1 aliphatic rings. The van der Waals surface area contributed by atoms with E-state index in [0.717, 1.165) is 48.4 Å². The van der Waals surface area contributed by atoms with Crippen LogP contribution in [0.5, 0.6) is 0 Å². The van der Waals surface area contributed by atoms with Crippen LogP contribution in [0.3, 0.4) is 0 Å². The second kappa shape index (κ2) is 10.5. The molecule has 35 heavy (non-hydrogen) atoms. The van der Waals surface area contributed by atoms with E-state index >= 15 is 0 Å². The van der Waals surface area contributed by atoms with E-state index in [1.54, 1.807) is 24.4 Å². The van der Waals surface area contributed by atoms with Gasteiger partial charge >= 0.3 is 0 Å². The van der Waals surface area contributed by atoms with Gasteiger partial charge in [-0.05, 0) is 72.8 Å². The molecule has 4 aromatic rings. The van der Waals surface area contributed by atoms with Gasteiger partial charge in [0, 0.05) is 29.7 Å². The lowest BCUT2D eigenvalue weighted by molar-refractivity contribution is 0.204. The zero-order chi connectivity index (χ0) is 24.3. The summed E-state index contributed by atoms with van der Waals surface area (Å²) in [6.45, 7) is 3.26. The maximum atomic E-state index is 13.0. The second-order valence-corrected chi connectivity index (χ2v) is 11.2. The number of para-hydroxylation sites is 1. The fourth-order valence-electron chi connectivity index (χ4n) is 4.78. The molecule has 3 aromatic carbocycles. The lowest BCUT2D eigenvalue weighted by atomic mass is 9.88. The number of hydrogen-bond acceptors (Lipinski definition) is 4. The number of rotatable bonds is 7. The molecule has 0 unspecified atom stereocenters. The number of halogens is 1. The molecule has 1 aromatic heterocycles. The molecule has 7 heteroatoms. The van der Waals surface area contributed by atoms with Gasteiger partial charge < -0.3 is 0 Å². The maximum absolute atomic E-state index is 13.0. The van der Waals surface area contributed by atoms with Crippen LogP contribution < -0.4 is 4.72 Å². The molecule has 1 aliphatic heterocycles. The van der Waals surface area contributed by atoms with E-state index in [1.807, 2.05) is 36.4 Å². The summed E-state index contributed by atoms with van der Waals surface area (Å²) < 4.78 is 28.9. The molecule has 0 aliphatic carbocycles. The van der Waals surface area contributed by atoms with E-state index in [-0.39, 0.29) is 11.4 Å². The molecule has 2 heterocycles. The highest BCUT2D eigenvalue weighted by molar-refractivity contribution is 7.89. The molecule has 5 rings (SSSR count). The van der Waals surface area contributed by atoms with Gasteiger partial charge in [-0.15, -0.1) is 0 Å². The van der Waals surface area contributed by atoms with Crippen molar-refractivity contribution in [1.82, 2.24) is 14.6 Å². The first kappa shape index (κ1) is 23.9. The third kappa shape index (κ3) is 5.73. The topological polar surface area (TPSA) is 62.3 Å². The Hall–Kier alpha value is -2.77. The zero-order valence-electron chi connectivity index (χ0n) is 19.4. The van der Waals surface area contributed by atoms with Crippen LogP contribution in [0.4, 0.5) is 0 Å². The fraction of sp³-hybridized carbons (Fsp3) is 0.250. The number of hydrogen-bond donors (Lipinski definition) is 1. The highest BCUT2D eigenvalue weighted by Crippen LogP contribution is 2.29. The molecular formula is C28H28ClN3O2S. The van der Waals surface area contributed by atoms with Crippen molar-refractivity contribution < 1.29 is 8.42 Å². The van der Waals surface area contributed by atoms with E-state index in [1.165, 1.54) is 11.1 Å². The third-order valence-corrected chi connectivity index (χ3v) is 8.37. The predicted octanol–water partition coefficient (Wildman–Crippen LogP) is 5.75. The monoisotopic (exact) mass is 505 g/mol. The number of fused-ring (bicyclic) bond motifs is 1. The second-order valence-electron chi connectivity index (χ2n) is 9.08. The molecule has 0 radical (unpaired) electrons. The summed E-state index contributed by atoms with van der Waals surface area (Å²) in [5, 5.41) is 1.57. The van der Waals surface area contributed by atoms with Gasteiger partial charge in [0.2, 0.25) is 10.0 Å². The number of aromatic nitrogens is 1. The normalized spacial score (nSPS) is 15.5. The zero-order valence-corrected chi connectivity index (χ0v) is 21.0. The first-order chi connectivity index (χ1) is 17.0. The van der Waals surface area contributed by atoms with Crippen molar-refractivity contribution in [1.29, 1.82) is 0 Å². The first-order valence-electron chi connectivity index (χ1n) is 11.9. The highest BCUT2D eigenvalue weighted by atomic mass is 35.5. The van der Waals surface area contributed by atoms with E-state index in [9.17, 15) is 8.42 Å². The molecule has 0 amide bonds. The van der Waals surface area contributed by atoms with Gasteiger partial charge in [0.15, 0.2) is 0 Å². The number of piperidine rings is 1. The van der Waals surface area contributed by atoms with Gasteiger partial charge in [-0.25, -0.2) is 13.1 Å². The van der Waals surface area contributed by atoms with Crippen molar-refractivity contribution in [2.75, 3.05) is 13.1 Å². The minimum Gasteiger partial charge on any atom is -0.299 e. The van der Waals surface area contributed by atoms with Crippen LogP contribution in [0.15, 0.2) is 90.0 Å². The van der Waals surface area contributed by atoms with Crippen LogP contribution in [-0.2, 0) is 23.1 Å². The first-order valence-corrected chi connectivity index (χ1v) is 13.7. The fourth-order valence-corrected chi connectivity index (χ4v) is 6.10. The van der Waals surface area contributed by atoms with Gasteiger partial charge in [-0.2, -0.15) is 0 Å². The molecule has 1 fully saturated rings. The van der Waals surface area contributed by atoms with Gasteiger partial charge in [0.25, 0.3) is 0 Å². The average Bonchev–Trinajstić information content (AvgIpc) is 2.89. The predicted molar refractivity (Wildman–Crippen MR) is 141 cm³/mol. The minimum atomic E-state index is -3.69. The van der Waals surface area contributed by atoms with Crippen LogP contribution in [0, 0.1) is 0 Å². The highest BCUT2D eigenvalue weighted by Gasteiger charge is 2.22. The SMILES string of the molecule is O=S(=O)(NCc1cccc(C2CCN(Cc3ccc(Cl)cc3)CC2)c1)c1cccc2cccnc12. The Labute approximate surface area is 211 Å². The van der Waals surface area contributed by atoms with Crippen molar-refractivity contribution in [3.63, 3.8) is 0 Å². The molecule has 1 saturated heterocycles. The maximum Gasteiger partial charge on any atom is 0.243 e. The van der Waals surface area contributed by atoms with Crippen molar-refractivity contribution >= 4 is 32.5 Å². The third-order valence-electron chi connectivity index (χ3n) is 6.68. The number of likely N-dealkylation sites (tertiary alicyclic amines) is 1. The van der Waals surface area contributed by atoms with E-state index in [4.69, 9.17) is 11.6 Å². The van der Waals surface area contributed by atoms with Crippen LogP contribution in [-0.4, -0.2) is 31.4 Å². The van der Waals surface area contributed by atoms with Crippen LogP contribution in [0.2, 0.25) is 5.02 Å². The van der Waals surface area contributed by atoms with Crippen molar-refractivity contribution in [2.45, 2.75) is 36.7 Å². The van der Waals surface area contributed by atoms with Crippen LogP contribution in [0.1, 0.15) is 35.4 Å². The molecule has 180 valence electrons. The van der Waals surface area contributed by atoms with Gasteiger partial charge in [0.1, 0.15) is 4.90 Å². The standard InChI is InChI=1S/C28H28ClN3O2S/c29-26-11-9-21(10-12-26)20-32-16-13-23(14-17-32)25-6-1-4-22(18-25)19-31-35(33,34)27-8-2-5-24-7-3-15-30-28(24)27/h1-12,15,18,23,31H,13-14,16-17,19-20H2. The number of sulfonamides is 1. The summed E-state index contributed by atoms with van der Waals surface area (Å²) in [6, 6.07) is 25.3. The van der Waals surface area contributed by atoms with Gasteiger partial charge in [0.05, 0.1) is 5.52 Å². The van der Waals surface area contributed by atoms with Gasteiger partial charge in [-0.3, -0.25) is 9.88 Å². The van der Waals surface area contributed by atoms with Gasteiger partial charge in [-0.1, -0.05) is 66.2 Å². The Bertz CT molecular complexity index is 1410. The van der Waals surface area contributed by atoms with Crippen LogP contribution >= 0.6 is 11.6 Å². The average molecular weight is 506 g/mol. The summed E-state index contributed by atoms with van der Waals surface area (Å²) in [7, 11) is -3.69. The summed E-state index contributed by atoms with van der Waals surface area (Å²) in [6.07, 6.45) is 3.79. The quantitative estimate of drug-likeness (QED) is 0.347. The summed E-state index contributed by atoms with van der Waals surface area (Å²) in [4.78, 5) is 6.98. The molecule has 0 atom stereocenters. The van der Waals surface area contributed by atoms with Crippen molar-refractivity contribution in [3.8, 4) is 0 Å². The molecule has 1 N–H and O–H groups in total. The number of nitrogens with one attached hydrogen (secondary N) is 1. The Morgan fingerprint density at radius 3 is 2.46 bits per heavy atom. The summed E-state index contributed by atoms with van der Waals surface area (Å²) >= 11 is 6.00. The molecular weight excluding hydrogens is 478 g/mol. The Morgan fingerprint density at radius 1 is 0.914 bits per heavy atom. The lowest BCUT2D eigenvalue weighted by Gasteiger charge is -2.32. The lowest BCUT2D eigenvalue weighted by Crippen LogP contribution is -2.32. The molecule has 5 nitrogen and oxygen atoms in total. The number of benzene rings is 3. The van der Waals surface area contributed by atoms with E-state index in [2.05, 4.69) is 38.9 Å². The van der Waals surface area contributed by atoms with Crippen molar-refractivity contribution in [2.24, 2.45) is 0 Å². The minimum absolute atomic E-state index is 0.208. The Balaban J connectivity index is 1.21. The smallest absolute Gasteiger partial charge is 0.243 e. The Kier molecular flexibility index (Phi) is 7.16. The Morgan fingerprint density at radius 2 is 1.66 bits per heavy atom. The number of pyridine rings is 1. The van der Waals surface area contributed by atoms with Crippen LogP contribution in [0.25, 0.3) is 10.9 Å².